The number of piperazine rings is 1. The van der Waals surface area contributed by atoms with E-state index < -0.39 is 0 Å². The van der Waals surface area contributed by atoms with Crippen molar-refractivity contribution in [2.45, 2.75) is 11.9 Å². The van der Waals surface area contributed by atoms with Crippen molar-refractivity contribution >= 4 is 45.6 Å². The van der Waals surface area contributed by atoms with Crippen molar-refractivity contribution in [1.29, 1.82) is 0 Å². The molecule has 2 aromatic heterocycles. The van der Waals surface area contributed by atoms with Gasteiger partial charge in [-0.05, 0) is 19.1 Å². The first-order chi connectivity index (χ1) is 14.2. The lowest BCUT2D eigenvalue weighted by molar-refractivity contribution is -0.113. The molecule has 0 bridgehead atoms. The molecule has 4 rings (SSSR count). The van der Waals surface area contributed by atoms with Crippen molar-refractivity contribution < 1.29 is 4.79 Å². The molecular formula is C19H21N7OS2. The number of nitrogens with zero attached hydrogens (tertiary/aromatic N) is 6. The normalized spacial score (nSPS) is 14.1. The standard InChI is InChI=1S/C19H21N7OS2/c1-14-23-24-19(29-14)22-17(27)12-28-18-11-16(20-13-21-18)26-9-7-25(8-10-26)15-5-3-2-4-6-15/h2-6,11,13H,7-10,12H2,1H3,(H,22,24,27). The Bertz CT molecular complexity index is 958. The summed E-state index contributed by atoms with van der Waals surface area (Å²) in [6, 6.07) is 12.4. The molecule has 0 saturated carbocycles. The van der Waals surface area contributed by atoms with Gasteiger partial charge in [-0.2, -0.15) is 0 Å². The monoisotopic (exact) mass is 427 g/mol. The molecule has 3 aromatic rings. The van der Waals surface area contributed by atoms with Gasteiger partial charge in [0.25, 0.3) is 0 Å². The van der Waals surface area contributed by atoms with Crippen molar-refractivity contribution in [3.05, 3.63) is 47.7 Å². The summed E-state index contributed by atoms with van der Waals surface area (Å²) in [6.07, 6.45) is 1.56. The third kappa shape index (κ3) is 5.21. The predicted octanol–water partition coefficient (Wildman–Crippen LogP) is 2.69. The lowest BCUT2D eigenvalue weighted by Gasteiger charge is -2.36. The summed E-state index contributed by atoms with van der Waals surface area (Å²) in [5.74, 6) is 1.04. The highest BCUT2D eigenvalue weighted by Crippen LogP contribution is 2.23. The van der Waals surface area contributed by atoms with Gasteiger partial charge >= 0.3 is 0 Å². The summed E-state index contributed by atoms with van der Waals surface area (Å²) in [5.41, 5.74) is 1.25. The molecule has 29 heavy (non-hydrogen) atoms. The van der Waals surface area contributed by atoms with Crippen LogP contribution >= 0.6 is 23.1 Å². The van der Waals surface area contributed by atoms with E-state index >= 15 is 0 Å². The summed E-state index contributed by atoms with van der Waals surface area (Å²) < 4.78 is 0. The molecule has 10 heteroatoms. The lowest BCUT2D eigenvalue weighted by atomic mass is 10.2. The molecule has 0 spiro atoms. The zero-order chi connectivity index (χ0) is 20.1. The highest BCUT2D eigenvalue weighted by molar-refractivity contribution is 7.99. The van der Waals surface area contributed by atoms with E-state index in [4.69, 9.17) is 0 Å². The van der Waals surface area contributed by atoms with E-state index in [0.29, 0.717) is 5.13 Å². The summed E-state index contributed by atoms with van der Waals surface area (Å²) in [6.45, 7) is 5.53. The minimum Gasteiger partial charge on any atom is -0.368 e. The number of rotatable bonds is 6. The first-order valence-corrected chi connectivity index (χ1v) is 11.1. The Balaban J connectivity index is 1.30. The van der Waals surface area contributed by atoms with E-state index in [0.717, 1.165) is 42.0 Å². The maximum Gasteiger partial charge on any atom is 0.236 e. The molecule has 1 aliphatic heterocycles. The zero-order valence-electron chi connectivity index (χ0n) is 16.0. The van der Waals surface area contributed by atoms with Gasteiger partial charge in [-0.1, -0.05) is 41.3 Å². The molecule has 0 aliphatic carbocycles. The number of hydrogen-bond donors (Lipinski definition) is 1. The number of thioether (sulfide) groups is 1. The highest BCUT2D eigenvalue weighted by atomic mass is 32.2. The van der Waals surface area contributed by atoms with Crippen LogP contribution in [0.5, 0.6) is 0 Å². The van der Waals surface area contributed by atoms with Crippen molar-refractivity contribution in [2.24, 2.45) is 0 Å². The van der Waals surface area contributed by atoms with Crippen molar-refractivity contribution in [3.8, 4) is 0 Å². The number of hydrogen-bond acceptors (Lipinski definition) is 9. The van der Waals surface area contributed by atoms with Gasteiger partial charge in [0.05, 0.1) is 5.75 Å². The van der Waals surface area contributed by atoms with Crippen LogP contribution in [-0.2, 0) is 4.79 Å². The Hall–Kier alpha value is -2.72. The third-order valence-corrected chi connectivity index (χ3v) is 6.16. The second kappa shape index (κ2) is 9.19. The Morgan fingerprint density at radius 1 is 1.10 bits per heavy atom. The number of anilines is 3. The Labute approximate surface area is 177 Å². The van der Waals surface area contributed by atoms with E-state index in [9.17, 15) is 4.79 Å². The molecule has 150 valence electrons. The topological polar surface area (TPSA) is 87.1 Å². The van der Waals surface area contributed by atoms with Crippen molar-refractivity contribution in [3.63, 3.8) is 0 Å². The maximum atomic E-state index is 12.1. The van der Waals surface area contributed by atoms with Crippen molar-refractivity contribution in [1.82, 2.24) is 20.2 Å². The summed E-state index contributed by atoms with van der Waals surface area (Å²) in [4.78, 5) is 25.5. The molecule has 1 aromatic carbocycles. The minimum absolute atomic E-state index is 0.122. The van der Waals surface area contributed by atoms with Gasteiger partial charge in [0.15, 0.2) is 0 Å². The van der Waals surface area contributed by atoms with Gasteiger partial charge in [-0.15, -0.1) is 10.2 Å². The smallest absolute Gasteiger partial charge is 0.236 e. The molecule has 1 saturated heterocycles. The van der Waals surface area contributed by atoms with Gasteiger partial charge < -0.3 is 9.80 Å². The van der Waals surface area contributed by atoms with Gasteiger partial charge in [0.1, 0.15) is 22.2 Å². The molecule has 3 heterocycles. The zero-order valence-corrected chi connectivity index (χ0v) is 17.6. The summed E-state index contributed by atoms with van der Waals surface area (Å²) in [5, 5.41) is 12.7. The van der Waals surface area contributed by atoms with Crippen LogP contribution in [-0.4, -0.2) is 58.0 Å². The van der Waals surface area contributed by atoms with E-state index in [1.165, 1.54) is 28.8 Å². The first-order valence-electron chi connectivity index (χ1n) is 9.27. The van der Waals surface area contributed by atoms with Crippen LogP contribution in [0.1, 0.15) is 5.01 Å². The van der Waals surface area contributed by atoms with Gasteiger partial charge in [-0.3, -0.25) is 10.1 Å². The first kappa shape index (κ1) is 19.6. The summed E-state index contributed by atoms with van der Waals surface area (Å²) in [7, 11) is 0. The Morgan fingerprint density at radius 3 is 2.59 bits per heavy atom. The number of benzene rings is 1. The van der Waals surface area contributed by atoms with Crippen LogP contribution in [0.25, 0.3) is 0 Å². The molecule has 1 amide bonds. The SMILES string of the molecule is Cc1nnc(NC(=O)CSc2cc(N3CCN(c4ccccc4)CC3)ncn2)s1. The number of aromatic nitrogens is 4. The number of para-hydroxylation sites is 1. The fourth-order valence-corrected chi connectivity index (χ4v) is 4.33. The molecule has 0 radical (unpaired) electrons. The van der Waals surface area contributed by atoms with Crippen LogP contribution < -0.4 is 15.1 Å². The fraction of sp³-hybridized carbons (Fsp3) is 0.316. The quantitative estimate of drug-likeness (QED) is 0.475. The summed E-state index contributed by atoms with van der Waals surface area (Å²) >= 11 is 2.74. The number of carbonyl (C=O) groups is 1. The number of nitrogens with one attached hydrogen (secondary N) is 1. The van der Waals surface area contributed by atoms with Crippen molar-refractivity contribution in [2.75, 3.05) is 47.0 Å². The Kier molecular flexibility index (Phi) is 6.20. The highest BCUT2D eigenvalue weighted by Gasteiger charge is 2.19. The maximum absolute atomic E-state index is 12.1. The molecule has 1 aliphatic rings. The second-order valence-electron chi connectivity index (χ2n) is 6.49. The fourth-order valence-electron chi connectivity index (χ4n) is 3.06. The van der Waals surface area contributed by atoms with Gasteiger partial charge in [-0.25, -0.2) is 9.97 Å². The van der Waals surface area contributed by atoms with Gasteiger partial charge in [0, 0.05) is 37.9 Å². The second-order valence-corrected chi connectivity index (χ2v) is 8.66. The van der Waals surface area contributed by atoms with Gasteiger partial charge in [0.2, 0.25) is 11.0 Å². The molecule has 8 nitrogen and oxygen atoms in total. The molecule has 0 unspecified atom stereocenters. The van der Waals surface area contributed by atoms with Crippen LogP contribution in [0.15, 0.2) is 47.8 Å². The van der Waals surface area contributed by atoms with Crippen LogP contribution in [0.3, 0.4) is 0 Å². The Morgan fingerprint density at radius 2 is 1.86 bits per heavy atom. The molecular weight excluding hydrogens is 406 g/mol. The molecule has 1 N–H and O–H groups in total. The van der Waals surface area contributed by atoms with E-state index in [1.54, 1.807) is 6.33 Å². The van der Waals surface area contributed by atoms with Crippen LogP contribution in [0.4, 0.5) is 16.6 Å². The van der Waals surface area contributed by atoms with Crippen LogP contribution in [0.2, 0.25) is 0 Å². The largest absolute Gasteiger partial charge is 0.368 e. The van der Waals surface area contributed by atoms with Crippen LogP contribution in [0, 0.1) is 6.92 Å². The molecule has 1 fully saturated rings. The average molecular weight is 428 g/mol. The number of aryl methyl sites for hydroxylation is 1. The predicted molar refractivity (Wildman–Crippen MR) is 117 cm³/mol. The van der Waals surface area contributed by atoms with E-state index in [1.807, 2.05) is 19.1 Å². The minimum atomic E-state index is -0.122. The van der Waals surface area contributed by atoms with E-state index in [-0.39, 0.29) is 11.7 Å². The number of amides is 1. The number of carbonyl (C=O) groups excluding carboxylic acids is 1. The third-order valence-electron chi connectivity index (χ3n) is 4.48. The van der Waals surface area contributed by atoms with E-state index in [2.05, 4.69) is 59.5 Å². The average Bonchev–Trinajstić information content (AvgIpc) is 3.18. The lowest BCUT2D eigenvalue weighted by Crippen LogP contribution is -2.46. The molecule has 0 atom stereocenters.